The molecule has 3 aromatic rings. The fourth-order valence-electron chi connectivity index (χ4n) is 2.46. The van der Waals surface area contributed by atoms with Gasteiger partial charge in [-0.25, -0.2) is 0 Å². The van der Waals surface area contributed by atoms with Gasteiger partial charge in [0.15, 0.2) is 0 Å². The third kappa shape index (κ3) is 5.95. The molecule has 4 N–H and O–H groups in total. The molecule has 144 valence electrons. The van der Waals surface area contributed by atoms with E-state index in [0.29, 0.717) is 23.3 Å². The molecular weight excluding hydrogens is 372 g/mol. The zero-order valence-corrected chi connectivity index (χ0v) is 16.4. The van der Waals surface area contributed by atoms with Crippen molar-refractivity contribution in [3.63, 3.8) is 0 Å². The Labute approximate surface area is 168 Å². The number of para-hydroxylation sites is 1. The smallest absolute Gasteiger partial charge is 0.234 e. The summed E-state index contributed by atoms with van der Waals surface area (Å²) in [5, 5.41) is 5.98. The largest absolute Gasteiger partial charge is 0.368 e. The number of carbonyl (C=O) groups excluding carboxylic acids is 1. The van der Waals surface area contributed by atoms with E-state index >= 15 is 0 Å². The zero-order valence-electron chi connectivity index (χ0n) is 15.6. The number of anilines is 4. The van der Waals surface area contributed by atoms with Crippen molar-refractivity contribution in [2.45, 2.75) is 19.1 Å². The summed E-state index contributed by atoms with van der Waals surface area (Å²) in [6.45, 7) is 2.10. The summed E-state index contributed by atoms with van der Waals surface area (Å²) in [4.78, 5) is 24.7. The van der Waals surface area contributed by atoms with Crippen LogP contribution >= 0.6 is 11.8 Å². The second-order valence-electron chi connectivity index (χ2n) is 6.02. The quantitative estimate of drug-likeness (QED) is 0.536. The zero-order chi connectivity index (χ0) is 19.8. The maximum Gasteiger partial charge on any atom is 0.234 e. The van der Waals surface area contributed by atoms with Crippen LogP contribution in [0.25, 0.3) is 0 Å². The average Bonchev–Trinajstić information content (AvgIpc) is 2.69. The van der Waals surface area contributed by atoms with Crippen LogP contribution in [0.1, 0.15) is 18.3 Å². The highest BCUT2D eigenvalue weighted by molar-refractivity contribution is 7.99. The van der Waals surface area contributed by atoms with Crippen LogP contribution in [-0.4, -0.2) is 26.6 Å². The van der Waals surface area contributed by atoms with E-state index in [1.165, 1.54) is 17.3 Å². The number of hydrogen-bond acceptors (Lipinski definition) is 7. The highest BCUT2D eigenvalue weighted by atomic mass is 32.2. The number of aryl methyl sites for hydroxylation is 1. The van der Waals surface area contributed by atoms with E-state index in [1.807, 2.05) is 54.6 Å². The summed E-state index contributed by atoms with van der Waals surface area (Å²) >= 11 is 1.42. The fourth-order valence-corrected chi connectivity index (χ4v) is 3.14. The number of hydrogen-bond donors (Lipinski definition) is 3. The summed E-state index contributed by atoms with van der Waals surface area (Å²) in [6, 6.07) is 17.4. The first-order valence-electron chi connectivity index (χ1n) is 8.91. The lowest BCUT2D eigenvalue weighted by atomic mass is 10.1. The normalized spacial score (nSPS) is 10.5. The van der Waals surface area contributed by atoms with Crippen molar-refractivity contribution in [3.05, 3.63) is 66.0 Å². The molecule has 0 saturated carbocycles. The fraction of sp³-hybridized carbons (Fsp3) is 0.200. The summed E-state index contributed by atoms with van der Waals surface area (Å²) in [6.07, 6.45) is 0.972. The van der Waals surface area contributed by atoms with Gasteiger partial charge in [0.05, 0.1) is 11.5 Å². The number of amides is 1. The molecule has 0 radical (unpaired) electrons. The predicted octanol–water partition coefficient (Wildman–Crippen LogP) is 3.63. The van der Waals surface area contributed by atoms with Crippen molar-refractivity contribution in [2.75, 3.05) is 22.1 Å². The van der Waals surface area contributed by atoms with Crippen molar-refractivity contribution in [2.24, 2.45) is 0 Å². The van der Waals surface area contributed by atoms with Crippen LogP contribution in [0, 0.1) is 0 Å². The molecule has 8 heteroatoms. The van der Waals surface area contributed by atoms with Gasteiger partial charge in [-0.1, -0.05) is 37.3 Å². The van der Waals surface area contributed by atoms with Gasteiger partial charge >= 0.3 is 0 Å². The van der Waals surface area contributed by atoms with Crippen LogP contribution in [-0.2, 0) is 17.0 Å². The van der Waals surface area contributed by atoms with Gasteiger partial charge in [0.1, 0.15) is 5.82 Å². The molecule has 1 heterocycles. The molecule has 28 heavy (non-hydrogen) atoms. The number of aromatic nitrogens is 3. The number of nitrogen functional groups attached to an aromatic ring is 1. The third-order valence-corrected chi connectivity index (χ3v) is 4.77. The molecule has 0 aliphatic carbocycles. The van der Waals surface area contributed by atoms with Crippen molar-refractivity contribution in [1.29, 1.82) is 0 Å². The van der Waals surface area contributed by atoms with E-state index in [9.17, 15) is 4.79 Å². The van der Waals surface area contributed by atoms with Crippen LogP contribution in [0.3, 0.4) is 0 Å². The molecular formula is C20H22N6OS. The van der Waals surface area contributed by atoms with E-state index in [-0.39, 0.29) is 11.9 Å². The SMILES string of the molecule is CCc1ccc(NC(=O)CSCc2nc(N)nc(Nc3ccccc3)n2)cc1. The Morgan fingerprint density at radius 2 is 1.75 bits per heavy atom. The minimum Gasteiger partial charge on any atom is -0.368 e. The molecule has 3 rings (SSSR count). The Balaban J connectivity index is 1.51. The summed E-state index contributed by atoms with van der Waals surface area (Å²) in [5.41, 5.74) is 8.67. The van der Waals surface area contributed by atoms with Gasteiger partial charge in [0, 0.05) is 11.4 Å². The predicted molar refractivity (Wildman–Crippen MR) is 115 cm³/mol. The van der Waals surface area contributed by atoms with Gasteiger partial charge < -0.3 is 16.4 Å². The Morgan fingerprint density at radius 1 is 1.00 bits per heavy atom. The lowest BCUT2D eigenvalue weighted by molar-refractivity contribution is -0.113. The summed E-state index contributed by atoms with van der Waals surface area (Å²) < 4.78 is 0. The molecule has 0 aliphatic rings. The molecule has 1 amide bonds. The Hall–Kier alpha value is -3.13. The van der Waals surface area contributed by atoms with Crippen LogP contribution in [0.2, 0.25) is 0 Å². The van der Waals surface area contributed by atoms with Crippen molar-refractivity contribution in [1.82, 2.24) is 15.0 Å². The summed E-state index contributed by atoms with van der Waals surface area (Å²) in [7, 11) is 0. The van der Waals surface area contributed by atoms with Gasteiger partial charge in [-0.2, -0.15) is 15.0 Å². The first-order valence-corrected chi connectivity index (χ1v) is 10.1. The van der Waals surface area contributed by atoms with Crippen molar-refractivity contribution in [3.8, 4) is 0 Å². The number of carbonyl (C=O) groups is 1. The second-order valence-corrected chi connectivity index (χ2v) is 7.00. The number of benzene rings is 2. The molecule has 2 aromatic carbocycles. The van der Waals surface area contributed by atoms with Gasteiger partial charge in [-0.15, -0.1) is 11.8 Å². The molecule has 0 unspecified atom stereocenters. The number of nitrogens with one attached hydrogen (secondary N) is 2. The minimum absolute atomic E-state index is 0.0705. The number of thioether (sulfide) groups is 1. The molecule has 1 aromatic heterocycles. The van der Waals surface area contributed by atoms with Crippen molar-refractivity contribution < 1.29 is 4.79 Å². The molecule has 0 saturated heterocycles. The number of nitrogens with two attached hydrogens (primary N) is 1. The maximum atomic E-state index is 12.1. The summed E-state index contributed by atoms with van der Waals surface area (Å²) in [5.74, 6) is 1.73. The lowest BCUT2D eigenvalue weighted by Crippen LogP contribution is -2.14. The third-order valence-electron chi connectivity index (χ3n) is 3.84. The molecule has 0 atom stereocenters. The number of nitrogens with zero attached hydrogens (tertiary/aromatic N) is 3. The van der Waals surface area contributed by atoms with E-state index in [4.69, 9.17) is 5.73 Å². The van der Waals surface area contributed by atoms with Crippen LogP contribution in [0.4, 0.5) is 23.3 Å². The van der Waals surface area contributed by atoms with Crippen LogP contribution in [0.5, 0.6) is 0 Å². The van der Waals surface area contributed by atoms with Crippen LogP contribution in [0.15, 0.2) is 54.6 Å². The van der Waals surface area contributed by atoms with Crippen LogP contribution < -0.4 is 16.4 Å². The maximum absolute atomic E-state index is 12.1. The van der Waals surface area contributed by atoms with E-state index in [1.54, 1.807) is 0 Å². The lowest BCUT2D eigenvalue weighted by Gasteiger charge is -2.08. The Kier molecular flexibility index (Phi) is 6.80. The Bertz CT molecular complexity index is 918. The molecule has 7 nitrogen and oxygen atoms in total. The van der Waals surface area contributed by atoms with E-state index in [0.717, 1.165) is 17.8 Å². The standard InChI is InChI=1S/C20H22N6OS/c1-2-14-8-10-16(11-9-14)22-18(27)13-28-12-17-24-19(21)26-20(25-17)23-15-6-4-3-5-7-15/h3-11H,2,12-13H2,1H3,(H,22,27)(H3,21,23,24,25,26). The highest BCUT2D eigenvalue weighted by Crippen LogP contribution is 2.16. The van der Waals surface area contributed by atoms with Crippen molar-refractivity contribution >= 4 is 40.9 Å². The molecule has 0 aliphatic heterocycles. The minimum atomic E-state index is -0.0705. The average molecular weight is 395 g/mol. The number of rotatable bonds is 8. The second kappa shape index (κ2) is 9.70. The highest BCUT2D eigenvalue weighted by Gasteiger charge is 2.08. The topological polar surface area (TPSA) is 106 Å². The molecule has 0 spiro atoms. The van der Waals surface area contributed by atoms with Gasteiger partial charge in [-0.3, -0.25) is 4.79 Å². The Morgan fingerprint density at radius 3 is 2.46 bits per heavy atom. The van der Waals surface area contributed by atoms with Gasteiger partial charge in [0.25, 0.3) is 0 Å². The van der Waals surface area contributed by atoms with Gasteiger partial charge in [-0.05, 0) is 36.2 Å². The monoisotopic (exact) mass is 394 g/mol. The van der Waals surface area contributed by atoms with E-state index in [2.05, 4.69) is 32.5 Å². The first kappa shape index (κ1) is 19.6. The van der Waals surface area contributed by atoms with Gasteiger partial charge in [0.2, 0.25) is 17.8 Å². The van der Waals surface area contributed by atoms with E-state index < -0.39 is 0 Å². The molecule has 0 bridgehead atoms. The molecule has 0 fully saturated rings. The first-order chi connectivity index (χ1) is 13.6.